The summed E-state index contributed by atoms with van der Waals surface area (Å²) in [5.74, 6) is 0.816. The van der Waals surface area contributed by atoms with Gasteiger partial charge < -0.3 is 4.74 Å². The molecule has 0 N–H and O–H groups in total. The Morgan fingerprint density at radius 1 is 1.40 bits per heavy atom. The standard InChI is InChI=1S/C11H13ClF2O/c1-8-4-5-9(3-2-6-12)7-10(8)15-11(13)14/h4-5,7,11H,2-3,6H2,1H3. The molecule has 0 fully saturated rings. The predicted octanol–water partition coefficient (Wildman–Crippen LogP) is 3.77. The van der Waals surface area contributed by atoms with Crippen molar-refractivity contribution in [2.75, 3.05) is 5.88 Å². The van der Waals surface area contributed by atoms with E-state index >= 15 is 0 Å². The van der Waals surface area contributed by atoms with E-state index in [4.69, 9.17) is 11.6 Å². The fraction of sp³-hybridized carbons (Fsp3) is 0.455. The summed E-state index contributed by atoms with van der Waals surface area (Å²) in [5.41, 5.74) is 1.68. The maximum Gasteiger partial charge on any atom is 0.387 e. The average Bonchev–Trinajstić information content (AvgIpc) is 2.18. The first-order chi connectivity index (χ1) is 7.13. The van der Waals surface area contributed by atoms with Gasteiger partial charge in [0, 0.05) is 5.88 Å². The molecule has 84 valence electrons. The van der Waals surface area contributed by atoms with E-state index in [2.05, 4.69) is 4.74 Å². The van der Waals surface area contributed by atoms with Gasteiger partial charge >= 0.3 is 6.61 Å². The van der Waals surface area contributed by atoms with Crippen molar-refractivity contribution in [2.45, 2.75) is 26.4 Å². The van der Waals surface area contributed by atoms with Crippen LogP contribution in [0.25, 0.3) is 0 Å². The van der Waals surface area contributed by atoms with Gasteiger partial charge in [0.2, 0.25) is 0 Å². The fourth-order valence-electron chi connectivity index (χ4n) is 1.29. The molecular formula is C11H13ClF2O. The molecule has 0 atom stereocenters. The lowest BCUT2D eigenvalue weighted by molar-refractivity contribution is -0.0503. The van der Waals surface area contributed by atoms with Crippen molar-refractivity contribution in [3.63, 3.8) is 0 Å². The number of aryl methyl sites for hydroxylation is 2. The van der Waals surface area contributed by atoms with Crippen LogP contribution in [0, 0.1) is 6.92 Å². The third kappa shape index (κ3) is 4.04. The summed E-state index contributed by atoms with van der Waals surface area (Å²) >= 11 is 5.56. The van der Waals surface area contributed by atoms with Crippen LogP contribution >= 0.6 is 11.6 Å². The molecule has 0 aliphatic rings. The molecule has 15 heavy (non-hydrogen) atoms. The number of benzene rings is 1. The summed E-state index contributed by atoms with van der Waals surface area (Å²) < 4.78 is 28.5. The van der Waals surface area contributed by atoms with Crippen LogP contribution in [0.15, 0.2) is 18.2 Å². The van der Waals surface area contributed by atoms with Crippen LogP contribution in [0.5, 0.6) is 5.75 Å². The fourth-order valence-corrected chi connectivity index (χ4v) is 1.43. The Bertz CT molecular complexity index is 315. The number of alkyl halides is 3. The predicted molar refractivity (Wildman–Crippen MR) is 56.9 cm³/mol. The number of hydrogen-bond donors (Lipinski definition) is 0. The molecule has 0 aliphatic heterocycles. The highest BCUT2D eigenvalue weighted by Crippen LogP contribution is 2.22. The van der Waals surface area contributed by atoms with E-state index in [1.54, 1.807) is 19.1 Å². The lowest BCUT2D eigenvalue weighted by Crippen LogP contribution is -2.03. The highest BCUT2D eigenvalue weighted by Gasteiger charge is 2.07. The van der Waals surface area contributed by atoms with Crippen molar-refractivity contribution in [2.24, 2.45) is 0 Å². The maximum atomic E-state index is 12.0. The van der Waals surface area contributed by atoms with Crippen molar-refractivity contribution in [3.8, 4) is 5.75 Å². The Balaban J connectivity index is 2.75. The molecule has 0 radical (unpaired) electrons. The van der Waals surface area contributed by atoms with Crippen LogP contribution in [0.2, 0.25) is 0 Å². The highest BCUT2D eigenvalue weighted by atomic mass is 35.5. The topological polar surface area (TPSA) is 9.23 Å². The normalized spacial score (nSPS) is 10.7. The summed E-state index contributed by atoms with van der Waals surface area (Å²) in [5, 5.41) is 0. The lowest BCUT2D eigenvalue weighted by atomic mass is 10.1. The zero-order chi connectivity index (χ0) is 11.3. The monoisotopic (exact) mass is 234 g/mol. The zero-order valence-electron chi connectivity index (χ0n) is 8.47. The molecule has 1 aromatic rings. The van der Waals surface area contributed by atoms with E-state index in [0.29, 0.717) is 11.4 Å². The molecular weight excluding hydrogens is 222 g/mol. The van der Waals surface area contributed by atoms with Crippen molar-refractivity contribution >= 4 is 11.6 Å². The number of halogens is 3. The first-order valence-corrected chi connectivity index (χ1v) is 5.27. The second-order valence-electron chi connectivity index (χ2n) is 3.27. The van der Waals surface area contributed by atoms with Gasteiger partial charge in [0.15, 0.2) is 0 Å². The average molecular weight is 235 g/mol. The summed E-state index contributed by atoms with van der Waals surface area (Å²) in [6.45, 7) is -1.03. The molecule has 0 saturated carbocycles. The van der Waals surface area contributed by atoms with E-state index in [1.807, 2.05) is 6.07 Å². The Kier molecular flexibility index (Phi) is 4.82. The summed E-state index contributed by atoms with van der Waals surface area (Å²) in [7, 11) is 0. The largest absolute Gasteiger partial charge is 0.435 e. The highest BCUT2D eigenvalue weighted by molar-refractivity contribution is 6.17. The van der Waals surface area contributed by atoms with E-state index in [1.165, 1.54) is 0 Å². The van der Waals surface area contributed by atoms with Gasteiger partial charge in [-0.25, -0.2) is 0 Å². The minimum absolute atomic E-state index is 0.247. The Morgan fingerprint density at radius 3 is 2.73 bits per heavy atom. The summed E-state index contributed by atoms with van der Waals surface area (Å²) in [6.07, 6.45) is 1.61. The van der Waals surface area contributed by atoms with Gasteiger partial charge in [0.1, 0.15) is 5.75 Å². The minimum atomic E-state index is -2.77. The second kappa shape index (κ2) is 5.91. The molecule has 0 heterocycles. The van der Waals surface area contributed by atoms with Crippen LogP contribution < -0.4 is 4.74 Å². The molecule has 0 aromatic heterocycles. The van der Waals surface area contributed by atoms with Crippen LogP contribution in [0.4, 0.5) is 8.78 Å². The maximum absolute atomic E-state index is 12.0. The molecule has 0 amide bonds. The lowest BCUT2D eigenvalue weighted by Gasteiger charge is -2.09. The van der Waals surface area contributed by atoms with Gasteiger partial charge in [-0.05, 0) is 37.0 Å². The Hall–Kier alpha value is -0.830. The van der Waals surface area contributed by atoms with Crippen molar-refractivity contribution in [3.05, 3.63) is 29.3 Å². The van der Waals surface area contributed by atoms with Crippen LogP contribution in [0.3, 0.4) is 0 Å². The Morgan fingerprint density at radius 2 is 2.13 bits per heavy atom. The van der Waals surface area contributed by atoms with Crippen LogP contribution in [-0.2, 0) is 6.42 Å². The third-order valence-corrected chi connectivity index (χ3v) is 2.33. The molecule has 1 rings (SSSR count). The molecule has 0 spiro atoms. The molecule has 0 saturated heterocycles. The van der Waals surface area contributed by atoms with E-state index in [9.17, 15) is 8.78 Å². The molecule has 1 aromatic carbocycles. The minimum Gasteiger partial charge on any atom is -0.435 e. The second-order valence-corrected chi connectivity index (χ2v) is 3.65. The summed E-state index contributed by atoms with van der Waals surface area (Å²) in [4.78, 5) is 0. The number of hydrogen-bond acceptors (Lipinski definition) is 1. The van der Waals surface area contributed by atoms with E-state index < -0.39 is 6.61 Å². The first-order valence-electron chi connectivity index (χ1n) is 4.74. The SMILES string of the molecule is Cc1ccc(CCCCl)cc1OC(F)F. The smallest absolute Gasteiger partial charge is 0.387 e. The van der Waals surface area contributed by atoms with Gasteiger partial charge in [0.05, 0.1) is 0 Å². The van der Waals surface area contributed by atoms with Gasteiger partial charge in [-0.2, -0.15) is 8.78 Å². The van der Waals surface area contributed by atoms with Crippen LogP contribution in [-0.4, -0.2) is 12.5 Å². The zero-order valence-corrected chi connectivity index (χ0v) is 9.23. The third-order valence-electron chi connectivity index (χ3n) is 2.07. The molecule has 0 unspecified atom stereocenters. The van der Waals surface area contributed by atoms with Crippen LogP contribution in [0.1, 0.15) is 17.5 Å². The molecule has 0 aliphatic carbocycles. The van der Waals surface area contributed by atoms with E-state index in [0.717, 1.165) is 18.4 Å². The molecule has 1 nitrogen and oxygen atoms in total. The van der Waals surface area contributed by atoms with Crippen molar-refractivity contribution in [1.82, 2.24) is 0 Å². The summed E-state index contributed by atoms with van der Waals surface area (Å²) in [6, 6.07) is 5.33. The number of ether oxygens (including phenoxy) is 1. The van der Waals surface area contributed by atoms with Gasteiger partial charge in [-0.3, -0.25) is 0 Å². The van der Waals surface area contributed by atoms with Crippen molar-refractivity contribution < 1.29 is 13.5 Å². The van der Waals surface area contributed by atoms with Gasteiger partial charge in [0.25, 0.3) is 0 Å². The molecule has 4 heteroatoms. The van der Waals surface area contributed by atoms with E-state index in [-0.39, 0.29) is 5.75 Å². The quantitative estimate of drug-likeness (QED) is 0.705. The number of rotatable bonds is 5. The van der Waals surface area contributed by atoms with Gasteiger partial charge in [-0.15, -0.1) is 11.6 Å². The van der Waals surface area contributed by atoms with Crippen molar-refractivity contribution in [1.29, 1.82) is 0 Å². The molecule has 0 bridgehead atoms. The first kappa shape index (κ1) is 12.2. The van der Waals surface area contributed by atoms with Gasteiger partial charge in [-0.1, -0.05) is 12.1 Å². The Labute approximate surface area is 93.0 Å².